The Labute approximate surface area is 162 Å². The molecule has 0 aromatic heterocycles. The zero-order valence-corrected chi connectivity index (χ0v) is 17.0. The number of aliphatic hydroxyl groups excluding tert-OH is 1. The summed E-state index contributed by atoms with van der Waals surface area (Å²) in [7, 11) is 0. The van der Waals surface area contributed by atoms with Crippen LogP contribution in [-0.2, 0) is 14.3 Å². The van der Waals surface area contributed by atoms with E-state index in [1.807, 2.05) is 0 Å². The maximum atomic E-state index is 13.8. The summed E-state index contributed by atoms with van der Waals surface area (Å²) < 4.78 is 5.16. The SMILES string of the molecule is CC[C@@H](C1=CC(=O)OC1)[C@@]1(C)CC[C@H]2[C@@H](CC[C@@H]3C[C@@H](O)CC[C@@]32C)C1=O. The summed E-state index contributed by atoms with van der Waals surface area (Å²) in [5.41, 5.74) is 0.831. The van der Waals surface area contributed by atoms with Crippen LogP contribution in [-0.4, -0.2) is 29.6 Å². The second kappa shape index (κ2) is 6.72. The molecular formula is C23H34O4. The first-order valence-corrected chi connectivity index (χ1v) is 10.9. The normalized spacial score (nSPS) is 45.6. The van der Waals surface area contributed by atoms with Gasteiger partial charge in [0.15, 0.2) is 0 Å². The van der Waals surface area contributed by atoms with Gasteiger partial charge in [0.25, 0.3) is 0 Å². The molecular weight excluding hydrogens is 340 g/mol. The minimum atomic E-state index is -0.382. The molecule has 0 aromatic carbocycles. The van der Waals surface area contributed by atoms with Crippen molar-refractivity contribution in [2.75, 3.05) is 6.61 Å². The van der Waals surface area contributed by atoms with Crippen molar-refractivity contribution in [3.63, 3.8) is 0 Å². The summed E-state index contributed by atoms with van der Waals surface area (Å²) in [5, 5.41) is 10.1. The lowest BCUT2D eigenvalue weighted by molar-refractivity contribution is -0.156. The van der Waals surface area contributed by atoms with Gasteiger partial charge < -0.3 is 9.84 Å². The molecule has 3 fully saturated rings. The molecule has 0 spiro atoms. The fourth-order valence-corrected chi connectivity index (χ4v) is 7.28. The van der Waals surface area contributed by atoms with Crippen LogP contribution in [0.1, 0.15) is 72.1 Å². The van der Waals surface area contributed by atoms with Gasteiger partial charge in [-0.3, -0.25) is 4.79 Å². The van der Waals surface area contributed by atoms with E-state index in [4.69, 9.17) is 4.74 Å². The zero-order valence-electron chi connectivity index (χ0n) is 17.0. The van der Waals surface area contributed by atoms with Gasteiger partial charge in [-0.2, -0.15) is 0 Å². The molecule has 4 aliphatic rings. The van der Waals surface area contributed by atoms with Gasteiger partial charge in [0.2, 0.25) is 0 Å². The van der Waals surface area contributed by atoms with Crippen molar-refractivity contribution in [3.8, 4) is 0 Å². The summed E-state index contributed by atoms with van der Waals surface area (Å²) in [5.74, 6) is 1.44. The van der Waals surface area contributed by atoms with Gasteiger partial charge in [-0.05, 0) is 80.1 Å². The van der Waals surface area contributed by atoms with Crippen LogP contribution in [0.4, 0.5) is 0 Å². The van der Waals surface area contributed by atoms with Gasteiger partial charge in [-0.25, -0.2) is 4.79 Å². The van der Waals surface area contributed by atoms with E-state index in [2.05, 4.69) is 20.8 Å². The summed E-state index contributed by atoms with van der Waals surface area (Å²) in [4.78, 5) is 25.4. The lowest BCUT2D eigenvalue weighted by Crippen LogP contribution is -2.56. The molecule has 1 heterocycles. The monoisotopic (exact) mass is 374 g/mol. The largest absolute Gasteiger partial charge is 0.458 e. The van der Waals surface area contributed by atoms with Crippen LogP contribution in [0.2, 0.25) is 0 Å². The second-order valence-corrected chi connectivity index (χ2v) is 10.0. The molecule has 0 unspecified atom stereocenters. The number of cyclic esters (lactones) is 1. The summed E-state index contributed by atoms with van der Waals surface area (Å²) in [6, 6.07) is 0. The van der Waals surface area contributed by atoms with Crippen molar-refractivity contribution < 1.29 is 19.4 Å². The highest BCUT2D eigenvalue weighted by molar-refractivity contribution is 5.90. The Bertz CT molecular complexity index is 667. The predicted molar refractivity (Wildman–Crippen MR) is 103 cm³/mol. The molecule has 0 radical (unpaired) electrons. The molecule has 1 aliphatic heterocycles. The van der Waals surface area contributed by atoms with E-state index in [9.17, 15) is 14.7 Å². The summed E-state index contributed by atoms with van der Waals surface area (Å²) in [6.07, 6.45) is 9.22. The van der Waals surface area contributed by atoms with Crippen LogP contribution >= 0.6 is 0 Å². The third-order valence-corrected chi connectivity index (χ3v) is 8.85. The van der Waals surface area contributed by atoms with Crippen molar-refractivity contribution in [2.24, 2.45) is 34.5 Å². The van der Waals surface area contributed by atoms with Crippen LogP contribution < -0.4 is 0 Å². The quantitative estimate of drug-likeness (QED) is 0.757. The number of ketones is 1. The van der Waals surface area contributed by atoms with Gasteiger partial charge in [-0.1, -0.05) is 20.8 Å². The van der Waals surface area contributed by atoms with Crippen molar-refractivity contribution in [1.29, 1.82) is 0 Å². The first-order valence-electron chi connectivity index (χ1n) is 10.9. The Hall–Kier alpha value is -1.16. The second-order valence-electron chi connectivity index (χ2n) is 10.0. The highest BCUT2D eigenvalue weighted by Gasteiger charge is 2.58. The Morgan fingerprint density at radius 2 is 1.96 bits per heavy atom. The van der Waals surface area contributed by atoms with E-state index in [1.54, 1.807) is 6.08 Å². The zero-order chi connectivity index (χ0) is 19.4. The van der Waals surface area contributed by atoms with Gasteiger partial charge >= 0.3 is 5.97 Å². The van der Waals surface area contributed by atoms with Gasteiger partial charge in [0, 0.05) is 17.4 Å². The van der Waals surface area contributed by atoms with Gasteiger partial charge in [0.05, 0.1) is 6.10 Å². The Morgan fingerprint density at radius 3 is 2.63 bits per heavy atom. The fourth-order valence-electron chi connectivity index (χ4n) is 7.28. The number of carbonyl (C=O) groups excluding carboxylic acids is 2. The van der Waals surface area contributed by atoms with Crippen molar-refractivity contribution in [3.05, 3.63) is 11.6 Å². The van der Waals surface area contributed by atoms with Crippen molar-refractivity contribution in [1.82, 2.24) is 0 Å². The molecule has 0 bridgehead atoms. The number of esters is 1. The molecule has 4 nitrogen and oxygen atoms in total. The minimum absolute atomic E-state index is 0.108. The highest BCUT2D eigenvalue weighted by atomic mass is 16.5. The number of aliphatic hydroxyl groups is 1. The third-order valence-electron chi connectivity index (χ3n) is 8.85. The average molecular weight is 375 g/mol. The fraction of sp³-hybridized carbons (Fsp3) is 0.826. The van der Waals surface area contributed by atoms with E-state index >= 15 is 0 Å². The van der Waals surface area contributed by atoms with E-state index in [0.717, 1.165) is 56.9 Å². The van der Waals surface area contributed by atoms with E-state index in [-0.39, 0.29) is 34.7 Å². The number of hydrogen-bond acceptors (Lipinski definition) is 4. The van der Waals surface area contributed by atoms with Gasteiger partial charge in [-0.15, -0.1) is 0 Å². The maximum absolute atomic E-state index is 13.8. The minimum Gasteiger partial charge on any atom is -0.458 e. The molecule has 7 atom stereocenters. The van der Waals surface area contributed by atoms with E-state index < -0.39 is 0 Å². The van der Waals surface area contributed by atoms with Crippen LogP contribution in [0.15, 0.2) is 11.6 Å². The number of fused-ring (bicyclic) bond motifs is 3. The number of ether oxygens (including phenoxy) is 1. The Balaban J connectivity index is 1.60. The molecule has 3 saturated carbocycles. The molecule has 150 valence electrons. The van der Waals surface area contributed by atoms with Crippen LogP contribution in [0.3, 0.4) is 0 Å². The number of hydrogen-bond donors (Lipinski definition) is 1. The van der Waals surface area contributed by atoms with E-state index in [0.29, 0.717) is 24.2 Å². The molecule has 3 aliphatic carbocycles. The van der Waals surface area contributed by atoms with Crippen LogP contribution in [0.25, 0.3) is 0 Å². The Kier molecular flexibility index (Phi) is 4.77. The number of rotatable bonds is 3. The lowest BCUT2D eigenvalue weighted by Gasteiger charge is -2.58. The molecule has 4 rings (SSSR count). The molecule has 0 amide bonds. The average Bonchev–Trinajstić information content (AvgIpc) is 3.05. The van der Waals surface area contributed by atoms with Gasteiger partial charge in [0.1, 0.15) is 12.4 Å². The molecule has 1 N–H and O–H groups in total. The smallest absolute Gasteiger partial charge is 0.331 e. The number of Topliss-reactive ketones (excluding diaryl/α,β-unsaturated/α-hetero) is 1. The highest BCUT2D eigenvalue weighted by Crippen LogP contribution is 2.61. The topological polar surface area (TPSA) is 63.6 Å². The van der Waals surface area contributed by atoms with Crippen molar-refractivity contribution in [2.45, 2.75) is 78.2 Å². The standard InChI is InChI=1S/C23H34O4/c1-4-18(14-11-20(25)27-13-14)23(3)10-8-19-17(21(23)26)6-5-15-12-16(24)7-9-22(15,19)2/h11,15-19,24H,4-10,12-13H2,1-3H3/t15-,16+,17-,18+,19+,22+,23-/m1/s1. The summed E-state index contributed by atoms with van der Waals surface area (Å²) in [6.45, 7) is 7.01. The lowest BCUT2D eigenvalue weighted by atomic mass is 9.45. The molecule has 4 heteroatoms. The summed E-state index contributed by atoms with van der Waals surface area (Å²) >= 11 is 0. The van der Waals surface area contributed by atoms with Crippen LogP contribution in [0.5, 0.6) is 0 Å². The Morgan fingerprint density at radius 1 is 1.19 bits per heavy atom. The van der Waals surface area contributed by atoms with Crippen molar-refractivity contribution >= 4 is 11.8 Å². The number of carbonyl (C=O) groups is 2. The molecule has 0 aromatic rings. The molecule has 27 heavy (non-hydrogen) atoms. The first kappa shape index (κ1) is 19.2. The predicted octanol–water partition coefficient (Wildman–Crippen LogP) is 4.06. The third kappa shape index (κ3) is 2.90. The maximum Gasteiger partial charge on any atom is 0.331 e. The van der Waals surface area contributed by atoms with E-state index in [1.165, 1.54) is 0 Å². The van der Waals surface area contributed by atoms with Crippen LogP contribution in [0, 0.1) is 34.5 Å². The first-order chi connectivity index (χ1) is 12.8. The molecule has 0 saturated heterocycles.